The highest BCUT2D eigenvalue weighted by Gasteiger charge is 2.48. The van der Waals surface area contributed by atoms with E-state index in [1.807, 2.05) is 13.8 Å². The summed E-state index contributed by atoms with van der Waals surface area (Å²) >= 11 is 0. The van der Waals surface area contributed by atoms with E-state index in [-0.39, 0.29) is 5.92 Å². The van der Waals surface area contributed by atoms with Crippen LogP contribution >= 0.6 is 0 Å². The van der Waals surface area contributed by atoms with Crippen LogP contribution in [-0.4, -0.2) is 13.9 Å². The molecule has 0 bridgehead atoms. The van der Waals surface area contributed by atoms with Gasteiger partial charge in [0, 0.05) is 0 Å². The monoisotopic (exact) mass is 298 g/mol. The lowest BCUT2D eigenvalue weighted by Gasteiger charge is -2.11. The molecule has 7 heteroatoms. The molecule has 0 aromatic rings. The molecule has 19 heavy (non-hydrogen) atoms. The van der Waals surface area contributed by atoms with Crippen LogP contribution in [0.25, 0.3) is 0 Å². The van der Waals surface area contributed by atoms with E-state index in [1.165, 1.54) is 6.08 Å². The maximum atomic E-state index is 12.0. The summed E-state index contributed by atoms with van der Waals surface area (Å²) in [6, 6.07) is 0. The van der Waals surface area contributed by atoms with E-state index in [0.717, 1.165) is 18.9 Å². The lowest BCUT2D eigenvalue weighted by atomic mass is 9.97. The van der Waals surface area contributed by atoms with Crippen LogP contribution in [0.1, 0.15) is 26.7 Å². The number of hydrogen-bond acceptors (Lipinski definition) is 3. The van der Waals surface area contributed by atoms with E-state index < -0.39 is 21.4 Å². The predicted molar refractivity (Wildman–Crippen MR) is 67.6 cm³/mol. The van der Waals surface area contributed by atoms with Gasteiger partial charge in [-0.3, -0.25) is 0 Å². The minimum atomic E-state index is -5.66. The maximum Gasteiger partial charge on any atom is 0.534 e. The molecule has 1 atom stereocenters. The Balaban J connectivity index is 4.61. The normalized spacial score (nSPS) is 14.4. The summed E-state index contributed by atoms with van der Waals surface area (Å²) in [5, 5.41) is 0. The van der Waals surface area contributed by atoms with E-state index in [9.17, 15) is 21.6 Å². The summed E-state index contributed by atoms with van der Waals surface area (Å²) in [5.74, 6) is -0.463. The zero-order chi connectivity index (χ0) is 15.3. The Morgan fingerprint density at radius 1 is 1.32 bits per heavy atom. The zero-order valence-corrected chi connectivity index (χ0v) is 11.6. The van der Waals surface area contributed by atoms with Gasteiger partial charge in [0.25, 0.3) is 0 Å². The van der Waals surface area contributed by atoms with Crippen molar-refractivity contribution < 1.29 is 25.8 Å². The molecule has 1 unspecified atom stereocenters. The summed E-state index contributed by atoms with van der Waals surface area (Å²) in [5.41, 5.74) is -4.80. The number of halogens is 3. The van der Waals surface area contributed by atoms with Crippen LogP contribution in [0.15, 0.2) is 36.6 Å². The quantitative estimate of drug-likeness (QED) is 0.310. The van der Waals surface area contributed by atoms with Gasteiger partial charge in [-0.25, -0.2) is 0 Å². The number of rotatable bonds is 7. The lowest BCUT2D eigenvalue weighted by molar-refractivity contribution is -0.0519. The third-order valence-electron chi connectivity index (χ3n) is 2.34. The Morgan fingerprint density at radius 2 is 1.84 bits per heavy atom. The molecule has 0 saturated heterocycles. The second-order valence-corrected chi connectivity index (χ2v) is 5.59. The Hall–Kier alpha value is -1.24. The molecule has 0 fully saturated rings. The van der Waals surface area contributed by atoms with Crippen LogP contribution in [0, 0.1) is 5.92 Å². The van der Waals surface area contributed by atoms with E-state index in [4.69, 9.17) is 0 Å². The van der Waals surface area contributed by atoms with E-state index in [0.29, 0.717) is 5.57 Å². The van der Waals surface area contributed by atoms with Gasteiger partial charge in [-0.1, -0.05) is 45.1 Å². The van der Waals surface area contributed by atoms with Crippen molar-refractivity contribution in [1.82, 2.24) is 0 Å². The van der Waals surface area contributed by atoms with Crippen molar-refractivity contribution in [2.45, 2.75) is 32.2 Å². The molecule has 0 aromatic heterocycles. The number of alkyl halides is 3. The molecule has 0 aliphatic carbocycles. The molecule has 0 rings (SSSR count). The Kier molecular flexibility index (Phi) is 6.35. The Bertz CT molecular complexity index is 461. The van der Waals surface area contributed by atoms with Gasteiger partial charge in [0.2, 0.25) is 0 Å². The highest BCUT2D eigenvalue weighted by Crippen LogP contribution is 2.26. The van der Waals surface area contributed by atoms with Gasteiger partial charge in [0.05, 0.1) is 0 Å². The molecule has 0 aliphatic heterocycles. The fourth-order valence-electron chi connectivity index (χ4n) is 1.20. The van der Waals surface area contributed by atoms with Gasteiger partial charge in [0.1, 0.15) is 5.76 Å². The molecular weight excluding hydrogens is 281 g/mol. The van der Waals surface area contributed by atoms with Gasteiger partial charge in [0.15, 0.2) is 0 Å². The van der Waals surface area contributed by atoms with Crippen LogP contribution < -0.4 is 0 Å². The van der Waals surface area contributed by atoms with Crippen molar-refractivity contribution in [3.63, 3.8) is 0 Å². The Morgan fingerprint density at radius 3 is 2.26 bits per heavy atom. The minimum absolute atomic E-state index is 0.147. The van der Waals surface area contributed by atoms with E-state index >= 15 is 0 Å². The van der Waals surface area contributed by atoms with Crippen LogP contribution in [0.5, 0.6) is 0 Å². The maximum absolute atomic E-state index is 12.0. The van der Waals surface area contributed by atoms with Gasteiger partial charge in [-0.15, -0.1) is 0 Å². The van der Waals surface area contributed by atoms with Crippen LogP contribution in [-0.2, 0) is 14.3 Å². The largest absolute Gasteiger partial charge is 0.534 e. The van der Waals surface area contributed by atoms with Crippen molar-refractivity contribution in [1.29, 1.82) is 0 Å². The molecule has 110 valence electrons. The van der Waals surface area contributed by atoms with Crippen molar-refractivity contribution in [3.05, 3.63) is 36.6 Å². The molecule has 0 N–H and O–H groups in total. The van der Waals surface area contributed by atoms with Crippen LogP contribution in [0.2, 0.25) is 0 Å². The average molecular weight is 298 g/mol. The molecule has 0 aliphatic rings. The molecule has 0 amide bonds. The second kappa shape index (κ2) is 6.79. The first-order valence-electron chi connectivity index (χ1n) is 5.57. The predicted octanol–water partition coefficient (Wildman–Crippen LogP) is 3.91. The summed E-state index contributed by atoms with van der Waals surface area (Å²) in [7, 11) is -5.66. The Labute approximate surface area is 111 Å². The highest BCUT2D eigenvalue weighted by atomic mass is 32.2. The average Bonchev–Trinajstić information content (AvgIpc) is 2.24. The summed E-state index contributed by atoms with van der Waals surface area (Å²) in [6.45, 7) is 10.7. The van der Waals surface area contributed by atoms with Gasteiger partial charge >= 0.3 is 15.6 Å². The van der Waals surface area contributed by atoms with Crippen molar-refractivity contribution in [3.8, 4) is 0 Å². The molecule has 0 heterocycles. The van der Waals surface area contributed by atoms with Gasteiger partial charge in [-0.2, -0.15) is 21.6 Å². The zero-order valence-electron chi connectivity index (χ0n) is 10.8. The first-order valence-corrected chi connectivity index (χ1v) is 6.98. The van der Waals surface area contributed by atoms with Crippen molar-refractivity contribution >= 4 is 10.1 Å². The van der Waals surface area contributed by atoms with Crippen molar-refractivity contribution in [2.24, 2.45) is 5.92 Å². The smallest absolute Gasteiger partial charge is 0.377 e. The first kappa shape index (κ1) is 17.8. The minimum Gasteiger partial charge on any atom is -0.377 e. The number of hydrogen-bond donors (Lipinski definition) is 0. The summed E-state index contributed by atoms with van der Waals surface area (Å²) in [4.78, 5) is 0. The molecular formula is C12H17F3O3S. The van der Waals surface area contributed by atoms with Gasteiger partial charge in [-0.05, 0) is 18.4 Å². The third kappa shape index (κ3) is 5.96. The third-order valence-corrected chi connectivity index (χ3v) is 3.34. The SMILES string of the molecule is C=C(/C=C\C(=C)C(C)CCC)OS(=O)(=O)C(F)(F)F. The topological polar surface area (TPSA) is 43.4 Å². The fraction of sp³-hybridized carbons (Fsp3) is 0.500. The van der Waals surface area contributed by atoms with E-state index in [1.54, 1.807) is 0 Å². The highest BCUT2D eigenvalue weighted by molar-refractivity contribution is 7.87. The lowest BCUT2D eigenvalue weighted by Crippen LogP contribution is -2.24. The van der Waals surface area contributed by atoms with Crippen LogP contribution in [0.3, 0.4) is 0 Å². The van der Waals surface area contributed by atoms with E-state index in [2.05, 4.69) is 17.3 Å². The van der Waals surface area contributed by atoms with Crippen LogP contribution in [0.4, 0.5) is 13.2 Å². The molecule has 0 aromatic carbocycles. The summed E-state index contributed by atoms with van der Waals surface area (Å²) < 4.78 is 61.3. The molecule has 0 spiro atoms. The molecule has 0 radical (unpaired) electrons. The summed E-state index contributed by atoms with van der Waals surface area (Å²) in [6.07, 6.45) is 4.26. The van der Waals surface area contributed by atoms with Crippen molar-refractivity contribution in [2.75, 3.05) is 0 Å². The molecule has 3 nitrogen and oxygen atoms in total. The standard InChI is InChI=1S/C12H17F3O3S/c1-5-6-9(2)10(3)7-8-11(4)18-19(16,17)12(13,14)15/h7-9H,3-6H2,1-2H3/b8-7-. The second-order valence-electron chi connectivity index (χ2n) is 4.05. The molecule has 0 saturated carbocycles. The first-order chi connectivity index (χ1) is 8.51. The van der Waals surface area contributed by atoms with Gasteiger partial charge < -0.3 is 4.18 Å². The number of allylic oxidation sites excluding steroid dienone is 3. The fourth-order valence-corrected chi connectivity index (χ4v) is 1.63.